The van der Waals surface area contributed by atoms with Gasteiger partial charge in [0, 0.05) is 42.0 Å². The maximum absolute atomic E-state index is 12.1. The molecule has 0 bridgehead atoms. The molecule has 3 rings (SSSR count). The summed E-state index contributed by atoms with van der Waals surface area (Å²) in [5.74, 6) is -0.238. The first-order valence-electron chi connectivity index (χ1n) is 8.89. The number of fused-ring (bicyclic) bond motifs is 1. The summed E-state index contributed by atoms with van der Waals surface area (Å²) in [5.41, 5.74) is 3.72. The summed E-state index contributed by atoms with van der Waals surface area (Å²) in [6.45, 7) is 0.00885. The zero-order valence-electron chi connectivity index (χ0n) is 15.2. The number of rotatable bonds is 8. The van der Waals surface area contributed by atoms with Crippen LogP contribution in [0.1, 0.15) is 18.4 Å². The number of para-hydroxylation sites is 1. The second kappa shape index (κ2) is 9.00. The molecule has 0 spiro atoms. The van der Waals surface area contributed by atoms with E-state index >= 15 is 0 Å². The van der Waals surface area contributed by atoms with Crippen LogP contribution in [0, 0.1) is 0 Å². The maximum Gasteiger partial charge on any atom is 0.250 e. The number of methoxy groups -OCH3 is 1. The number of carbonyl (C=O) groups excluding carboxylic acids is 2. The van der Waals surface area contributed by atoms with Crippen molar-refractivity contribution in [3.05, 3.63) is 60.3 Å². The van der Waals surface area contributed by atoms with E-state index in [9.17, 15) is 9.59 Å². The van der Waals surface area contributed by atoms with Crippen LogP contribution in [-0.2, 0) is 20.7 Å². The lowest BCUT2D eigenvalue weighted by molar-refractivity contribution is -0.119. The lowest BCUT2D eigenvalue weighted by atomic mass is 10.1. The minimum Gasteiger partial charge on any atom is -0.375 e. The fraction of sp³-hybridized carbons (Fsp3) is 0.238. The van der Waals surface area contributed by atoms with Crippen molar-refractivity contribution in [1.82, 2.24) is 4.98 Å². The zero-order chi connectivity index (χ0) is 19.1. The number of hydrogen-bond acceptors (Lipinski definition) is 3. The molecule has 0 aliphatic carbocycles. The molecule has 2 aromatic carbocycles. The summed E-state index contributed by atoms with van der Waals surface area (Å²) in [7, 11) is 1.47. The number of aryl methyl sites for hydroxylation is 1. The van der Waals surface area contributed by atoms with Crippen molar-refractivity contribution < 1.29 is 14.3 Å². The van der Waals surface area contributed by atoms with E-state index in [0.29, 0.717) is 17.8 Å². The third-order valence-corrected chi connectivity index (χ3v) is 4.25. The third kappa shape index (κ3) is 5.18. The first kappa shape index (κ1) is 18.7. The summed E-state index contributed by atoms with van der Waals surface area (Å²) in [5, 5.41) is 6.80. The van der Waals surface area contributed by atoms with Gasteiger partial charge in [-0.05, 0) is 48.7 Å². The average molecular weight is 365 g/mol. The molecule has 3 aromatic rings. The van der Waals surface area contributed by atoms with Crippen LogP contribution in [-0.4, -0.2) is 30.5 Å². The van der Waals surface area contributed by atoms with Gasteiger partial charge in [0.15, 0.2) is 0 Å². The molecule has 1 heterocycles. The predicted octanol–water partition coefficient (Wildman–Crippen LogP) is 3.71. The van der Waals surface area contributed by atoms with Gasteiger partial charge in [0.1, 0.15) is 6.61 Å². The van der Waals surface area contributed by atoms with Gasteiger partial charge in [0.25, 0.3) is 0 Å². The first-order valence-corrected chi connectivity index (χ1v) is 8.89. The number of carbonyl (C=O) groups is 2. The number of aromatic amines is 1. The van der Waals surface area contributed by atoms with Gasteiger partial charge >= 0.3 is 0 Å². The number of aromatic nitrogens is 1. The highest BCUT2D eigenvalue weighted by Gasteiger charge is 2.07. The molecule has 3 N–H and O–H groups in total. The van der Waals surface area contributed by atoms with Crippen molar-refractivity contribution in [2.24, 2.45) is 0 Å². The number of benzene rings is 2. The largest absolute Gasteiger partial charge is 0.375 e. The SMILES string of the molecule is COCC(=O)Nc1ccc(NC(=O)CCCc2c[nH]c3ccccc23)cc1. The standard InChI is InChI=1S/C21H23N3O3/c1-27-14-21(26)24-17-11-9-16(10-12-17)23-20(25)8-4-5-15-13-22-19-7-3-2-6-18(15)19/h2-3,6-7,9-13,22H,4-5,8,14H2,1H3,(H,23,25)(H,24,26). The molecular weight excluding hydrogens is 342 g/mol. The van der Waals surface area contributed by atoms with Crippen molar-refractivity contribution in [2.75, 3.05) is 24.4 Å². The molecule has 27 heavy (non-hydrogen) atoms. The van der Waals surface area contributed by atoms with E-state index in [1.807, 2.05) is 24.4 Å². The van der Waals surface area contributed by atoms with Crippen LogP contribution in [0.4, 0.5) is 11.4 Å². The van der Waals surface area contributed by atoms with Gasteiger partial charge in [-0.1, -0.05) is 18.2 Å². The van der Waals surface area contributed by atoms with E-state index in [1.54, 1.807) is 24.3 Å². The van der Waals surface area contributed by atoms with Crippen molar-refractivity contribution in [2.45, 2.75) is 19.3 Å². The monoisotopic (exact) mass is 365 g/mol. The molecule has 6 nitrogen and oxygen atoms in total. The minimum absolute atomic E-state index is 0.00885. The quantitative estimate of drug-likeness (QED) is 0.569. The fourth-order valence-corrected chi connectivity index (χ4v) is 2.97. The smallest absolute Gasteiger partial charge is 0.250 e. The van der Waals surface area contributed by atoms with E-state index in [1.165, 1.54) is 18.1 Å². The van der Waals surface area contributed by atoms with Crippen LogP contribution in [0.2, 0.25) is 0 Å². The normalized spacial score (nSPS) is 10.7. The summed E-state index contributed by atoms with van der Waals surface area (Å²) in [4.78, 5) is 26.9. The highest BCUT2D eigenvalue weighted by atomic mass is 16.5. The Morgan fingerprint density at radius 1 is 0.963 bits per heavy atom. The van der Waals surface area contributed by atoms with Gasteiger partial charge in [-0.3, -0.25) is 9.59 Å². The topological polar surface area (TPSA) is 83.2 Å². The Morgan fingerprint density at radius 3 is 2.33 bits per heavy atom. The van der Waals surface area contributed by atoms with E-state index in [4.69, 9.17) is 4.74 Å². The second-order valence-corrected chi connectivity index (χ2v) is 6.32. The van der Waals surface area contributed by atoms with Crippen molar-refractivity contribution >= 4 is 34.1 Å². The van der Waals surface area contributed by atoms with Gasteiger partial charge in [-0.15, -0.1) is 0 Å². The molecule has 6 heteroatoms. The Kier molecular flexibility index (Phi) is 6.22. The number of nitrogens with one attached hydrogen (secondary N) is 3. The van der Waals surface area contributed by atoms with Crippen LogP contribution in [0.5, 0.6) is 0 Å². The molecule has 140 valence electrons. The molecular formula is C21H23N3O3. The number of H-pyrrole nitrogens is 1. The Bertz CT molecular complexity index is 916. The van der Waals surface area contributed by atoms with E-state index in [-0.39, 0.29) is 18.4 Å². The molecule has 2 amide bonds. The van der Waals surface area contributed by atoms with Crippen molar-refractivity contribution in [1.29, 1.82) is 0 Å². The molecule has 0 fully saturated rings. The van der Waals surface area contributed by atoms with E-state index < -0.39 is 0 Å². The summed E-state index contributed by atoms with van der Waals surface area (Å²) >= 11 is 0. The fourth-order valence-electron chi connectivity index (χ4n) is 2.97. The van der Waals surface area contributed by atoms with Gasteiger partial charge in [0.05, 0.1) is 0 Å². The highest BCUT2D eigenvalue weighted by molar-refractivity contribution is 5.93. The predicted molar refractivity (Wildman–Crippen MR) is 107 cm³/mol. The van der Waals surface area contributed by atoms with Crippen molar-refractivity contribution in [3.63, 3.8) is 0 Å². The third-order valence-electron chi connectivity index (χ3n) is 4.25. The maximum atomic E-state index is 12.1. The molecule has 0 saturated carbocycles. The Balaban J connectivity index is 1.45. The average Bonchev–Trinajstić information content (AvgIpc) is 3.07. The lowest BCUT2D eigenvalue weighted by Gasteiger charge is -2.08. The van der Waals surface area contributed by atoms with Crippen LogP contribution in [0.25, 0.3) is 10.9 Å². The Labute approximate surface area is 157 Å². The van der Waals surface area contributed by atoms with E-state index in [0.717, 1.165) is 18.4 Å². The van der Waals surface area contributed by atoms with Crippen molar-refractivity contribution in [3.8, 4) is 0 Å². The molecule has 0 aliphatic heterocycles. The number of hydrogen-bond donors (Lipinski definition) is 3. The first-order chi connectivity index (χ1) is 13.2. The number of ether oxygens (including phenoxy) is 1. The van der Waals surface area contributed by atoms with Gasteiger partial charge in [0.2, 0.25) is 11.8 Å². The minimum atomic E-state index is -0.216. The van der Waals surface area contributed by atoms with E-state index in [2.05, 4.69) is 21.7 Å². The molecule has 0 atom stereocenters. The molecule has 0 aliphatic rings. The summed E-state index contributed by atoms with van der Waals surface area (Å²) in [6.07, 6.45) is 4.09. The molecule has 0 radical (unpaired) electrons. The number of anilines is 2. The Morgan fingerprint density at radius 2 is 1.63 bits per heavy atom. The zero-order valence-corrected chi connectivity index (χ0v) is 15.2. The highest BCUT2D eigenvalue weighted by Crippen LogP contribution is 2.20. The second-order valence-electron chi connectivity index (χ2n) is 6.32. The van der Waals surface area contributed by atoms with Crippen LogP contribution >= 0.6 is 0 Å². The molecule has 0 saturated heterocycles. The Hall–Kier alpha value is -3.12. The summed E-state index contributed by atoms with van der Waals surface area (Å²) in [6, 6.07) is 15.2. The molecule has 0 unspecified atom stereocenters. The van der Waals surface area contributed by atoms with Crippen LogP contribution in [0.15, 0.2) is 54.7 Å². The molecule has 1 aromatic heterocycles. The lowest BCUT2D eigenvalue weighted by Crippen LogP contribution is -2.17. The summed E-state index contributed by atoms with van der Waals surface area (Å²) < 4.78 is 4.77. The van der Waals surface area contributed by atoms with Crippen LogP contribution < -0.4 is 10.6 Å². The van der Waals surface area contributed by atoms with Gasteiger partial charge in [-0.2, -0.15) is 0 Å². The van der Waals surface area contributed by atoms with Crippen LogP contribution in [0.3, 0.4) is 0 Å². The van der Waals surface area contributed by atoms with Gasteiger partial charge < -0.3 is 20.4 Å². The van der Waals surface area contributed by atoms with Gasteiger partial charge in [-0.25, -0.2) is 0 Å². The number of amides is 2.